The summed E-state index contributed by atoms with van der Waals surface area (Å²) in [5.74, 6) is 0. The van der Waals surface area contributed by atoms with Crippen LogP contribution in [0.1, 0.15) is 33.1 Å². The normalized spacial score (nSPS) is 11.0. The minimum absolute atomic E-state index is 0.199. The molecule has 3 heteroatoms. The molecule has 0 aliphatic heterocycles. The van der Waals surface area contributed by atoms with Crippen LogP contribution in [0, 0.1) is 16.7 Å². The van der Waals surface area contributed by atoms with E-state index in [0.29, 0.717) is 0 Å². The molecular weight excluding hydrogens is 222 g/mol. The summed E-state index contributed by atoms with van der Waals surface area (Å²) in [4.78, 5) is 2.20. The second-order valence-electron chi connectivity index (χ2n) is 5.47. The van der Waals surface area contributed by atoms with Gasteiger partial charge in [-0.05, 0) is 44.9 Å². The van der Waals surface area contributed by atoms with Gasteiger partial charge in [0, 0.05) is 25.0 Å². The maximum atomic E-state index is 8.94. The molecule has 98 valence electrons. The average molecular weight is 245 g/mol. The van der Waals surface area contributed by atoms with Crippen molar-refractivity contribution in [1.29, 1.82) is 5.26 Å². The molecule has 0 unspecified atom stereocenters. The Labute approximate surface area is 110 Å². The van der Waals surface area contributed by atoms with Crippen molar-refractivity contribution in [2.45, 2.75) is 33.1 Å². The number of benzene rings is 1. The molecule has 1 aromatic carbocycles. The standard InChI is InChI=1S/C15H23N3/c1-15(2,12-16)9-4-5-10-18(3)14-8-6-7-13(17)11-14/h6-8,11H,4-5,9-10,17H2,1-3H3. The Morgan fingerprint density at radius 1 is 1.33 bits per heavy atom. The monoisotopic (exact) mass is 245 g/mol. The summed E-state index contributed by atoms with van der Waals surface area (Å²) in [6.45, 7) is 4.98. The molecule has 2 N–H and O–H groups in total. The predicted molar refractivity (Wildman–Crippen MR) is 77.4 cm³/mol. The Kier molecular flexibility index (Phi) is 5.03. The summed E-state index contributed by atoms with van der Waals surface area (Å²) in [7, 11) is 2.07. The van der Waals surface area contributed by atoms with Crippen molar-refractivity contribution in [1.82, 2.24) is 0 Å². The third kappa shape index (κ3) is 4.67. The van der Waals surface area contributed by atoms with E-state index in [0.717, 1.165) is 37.2 Å². The summed E-state index contributed by atoms with van der Waals surface area (Å²) >= 11 is 0. The molecule has 0 aliphatic rings. The highest BCUT2D eigenvalue weighted by molar-refractivity contribution is 5.55. The second-order valence-corrected chi connectivity index (χ2v) is 5.47. The van der Waals surface area contributed by atoms with Gasteiger partial charge in [0.2, 0.25) is 0 Å². The highest BCUT2D eigenvalue weighted by Crippen LogP contribution is 2.22. The zero-order chi connectivity index (χ0) is 13.6. The predicted octanol–water partition coefficient (Wildman–Crippen LogP) is 3.43. The molecule has 0 heterocycles. The molecule has 1 aromatic rings. The minimum Gasteiger partial charge on any atom is -0.399 e. The maximum Gasteiger partial charge on any atom is 0.0683 e. The number of hydrogen-bond acceptors (Lipinski definition) is 3. The molecule has 3 nitrogen and oxygen atoms in total. The van der Waals surface area contributed by atoms with Crippen LogP contribution in [0.15, 0.2) is 24.3 Å². The van der Waals surface area contributed by atoms with Crippen LogP contribution in [0.3, 0.4) is 0 Å². The summed E-state index contributed by atoms with van der Waals surface area (Å²) in [6, 6.07) is 10.3. The number of hydrogen-bond donors (Lipinski definition) is 1. The molecule has 18 heavy (non-hydrogen) atoms. The van der Waals surface area contributed by atoms with Gasteiger partial charge in [0.25, 0.3) is 0 Å². The lowest BCUT2D eigenvalue weighted by molar-refractivity contribution is 0.427. The fourth-order valence-electron chi connectivity index (χ4n) is 1.86. The minimum atomic E-state index is -0.199. The van der Waals surface area contributed by atoms with Crippen LogP contribution in [0.2, 0.25) is 0 Å². The first-order valence-electron chi connectivity index (χ1n) is 6.42. The van der Waals surface area contributed by atoms with Crippen LogP contribution in [-0.2, 0) is 0 Å². The van der Waals surface area contributed by atoms with Crippen LogP contribution in [-0.4, -0.2) is 13.6 Å². The number of anilines is 2. The van der Waals surface area contributed by atoms with Crippen molar-refractivity contribution < 1.29 is 0 Å². The largest absolute Gasteiger partial charge is 0.399 e. The SMILES string of the molecule is CN(CCCCC(C)(C)C#N)c1cccc(N)c1. The van der Waals surface area contributed by atoms with Crippen molar-refractivity contribution in [3.05, 3.63) is 24.3 Å². The molecule has 0 radical (unpaired) electrons. The molecule has 0 spiro atoms. The molecule has 0 aromatic heterocycles. The zero-order valence-corrected chi connectivity index (χ0v) is 11.6. The van der Waals surface area contributed by atoms with Crippen LogP contribution in [0.4, 0.5) is 11.4 Å². The summed E-state index contributed by atoms with van der Waals surface area (Å²) < 4.78 is 0. The van der Waals surface area contributed by atoms with E-state index in [2.05, 4.69) is 24.1 Å². The second kappa shape index (κ2) is 6.30. The Morgan fingerprint density at radius 2 is 2.06 bits per heavy atom. The fourth-order valence-corrected chi connectivity index (χ4v) is 1.86. The van der Waals surface area contributed by atoms with Crippen LogP contribution < -0.4 is 10.6 Å². The molecule has 0 bridgehead atoms. The quantitative estimate of drug-likeness (QED) is 0.617. The fraction of sp³-hybridized carbons (Fsp3) is 0.533. The van der Waals surface area contributed by atoms with E-state index >= 15 is 0 Å². The van der Waals surface area contributed by atoms with Crippen molar-refractivity contribution >= 4 is 11.4 Å². The van der Waals surface area contributed by atoms with Gasteiger partial charge in [-0.2, -0.15) is 5.26 Å². The zero-order valence-electron chi connectivity index (χ0n) is 11.6. The number of nitrogens with two attached hydrogens (primary N) is 1. The molecule has 1 rings (SSSR count). The van der Waals surface area contributed by atoms with Crippen molar-refractivity contribution in [2.24, 2.45) is 5.41 Å². The van der Waals surface area contributed by atoms with Gasteiger partial charge in [-0.25, -0.2) is 0 Å². The van der Waals surface area contributed by atoms with Crippen LogP contribution >= 0.6 is 0 Å². The van der Waals surface area contributed by atoms with Gasteiger partial charge >= 0.3 is 0 Å². The van der Waals surface area contributed by atoms with E-state index in [-0.39, 0.29) is 5.41 Å². The van der Waals surface area contributed by atoms with Gasteiger partial charge in [0.1, 0.15) is 0 Å². The summed E-state index contributed by atoms with van der Waals surface area (Å²) in [6.07, 6.45) is 3.12. The van der Waals surface area contributed by atoms with Gasteiger partial charge in [-0.1, -0.05) is 12.5 Å². The van der Waals surface area contributed by atoms with Crippen LogP contribution in [0.5, 0.6) is 0 Å². The van der Waals surface area contributed by atoms with E-state index in [1.807, 2.05) is 32.0 Å². The molecule has 0 amide bonds. The number of nitriles is 1. The van der Waals surface area contributed by atoms with E-state index in [4.69, 9.17) is 11.0 Å². The Morgan fingerprint density at radius 3 is 2.67 bits per heavy atom. The lowest BCUT2D eigenvalue weighted by Crippen LogP contribution is -2.19. The van der Waals surface area contributed by atoms with Gasteiger partial charge in [-0.3, -0.25) is 0 Å². The smallest absolute Gasteiger partial charge is 0.0683 e. The first-order chi connectivity index (χ1) is 8.44. The molecule has 0 saturated carbocycles. The molecular formula is C15H23N3. The third-order valence-corrected chi connectivity index (χ3v) is 3.16. The highest BCUT2D eigenvalue weighted by atomic mass is 15.1. The van der Waals surface area contributed by atoms with Gasteiger partial charge in [-0.15, -0.1) is 0 Å². The Hall–Kier alpha value is -1.69. The van der Waals surface area contributed by atoms with Gasteiger partial charge in [0.15, 0.2) is 0 Å². The Balaban J connectivity index is 2.34. The number of nitrogen functional groups attached to an aromatic ring is 1. The lowest BCUT2D eigenvalue weighted by Gasteiger charge is -2.21. The number of nitrogens with zero attached hydrogens (tertiary/aromatic N) is 2. The van der Waals surface area contributed by atoms with E-state index < -0.39 is 0 Å². The number of unbranched alkanes of at least 4 members (excludes halogenated alkanes) is 1. The highest BCUT2D eigenvalue weighted by Gasteiger charge is 2.15. The third-order valence-electron chi connectivity index (χ3n) is 3.16. The molecule has 0 saturated heterocycles. The topological polar surface area (TPSA) is 53.0 Å². The van der Waals surface area contributed by atoms with Crippen LogP contribution in [0.25, 0.3) is 0 Å². The maximum absolute atomic E-state index is 8.94. The molecule has 0 fully saturated rings. The van der Waals surface area contributed by atoms with Gasteiger partial charge < -0.3 is 10.6 Å². The molecule has 0 aliphatic carbocycles. The lowest BCUT2D eigenvalue weighted by atomic mass is 9.89. The first-order valence-corrected chi connectivity index (χ1v) is 6.42. The van der Waals surface area contributed by atoms with E-state index in [9.17, 15) is 0 Å². The van der Waals surface area contributed by atoms with E-state index in [1.54, 1.807) is 0 Å². The van der Waals surface area contributed by atoms with Crippen molar-refractivity contribution in [3.63, 3.8) is 0 Å². The van der Waals surface area contributed by atoms with E-state index in [1.165, 1.54) is 0 Å². The Bertz CT molecular complexity index is 418. The first kappa shape index (κ1) is 14.4. The summed E-state index contributed by atoms with van der Waals surface area (Å²) in [5, 5.41) is 8.94. The van der Waals surface area contributed by atoms with Crippen molar-refractivity contribution in [2.75, 3.05) is 24.2 Å². The summed E-state index contributed by atoms with van der Waals surface area (Å²) in [5.41, 5.74) is 7.51. The van der Waals surface area contributed by atoms with Gasteiger partial charge in [0.05, 0.1) is 11.5 Å². The molecule has 0 atom stereocenters. The number of rotatable bonds is 6. The van der Waals surface area contributed by atoms with Crippen molar-refractivity contribution in [3.8, 4) is 6.07 Å². The average Bonchev–Trinajstić information content (AvgIpc) is 2.34.